The van der Waals surface area contributed by atoms with Crippen LogP contribution in [0.3, 0.4) is 0 Å². The molecule has 0 aromatic heterocycles. The van der Waals surface area contributed by atoms with Gasteiger partial charge in [-0.1, -0.05) is 18.2 Å². The molecule has 1 rings (SSSR count). The van der Waals surface area contributed by atoms with E-state index in [-0.39, 0.29) is 24.9 Å². The minimum absolute atomic E-state index is 0. The summed E-state index contributed by atoms with van der Waals surface area (Å²) in [5.74, 6) is 0.734. The smallest absolute Gasteiger partial charge is 0.236 e. The average Bonchev–Trinajstić information content (AvgIpc) is 2.29. The van der Waals surface area contributed by atoms with Crippen molar-refractivity contribution in [3.63, 3.8) is 0 Å². The first-order valence-corrected chi connectivity index (χ1v) is 4.86. The van der Waals surface area contributed by atoms with E-state index >= 15 is 0 Å². The van der Waals surface area contributed by atoms with Gasteiger partial charge in [0.05, 0.1) is 13.1 Å². The first-order valence-electron chi connectivity index (χ1n) is 4.86. The van der Waals surface area contributed by atoms with Crippen molar-refractivity contribution in [2.24, 2.45) is 5.73 Å². The van der Waals surface area contributed by atoms with Crippen LogP contribution in [-0.2, 0) is 4.79 Å². The molecule has 16 heavy (non-hydrogen) atoms. The summed E-state index contributed by atoms with van der Waals surface area (Å²) in [6.07, 6.45) is 0. The van der Waals surface area contributed by atoms with Crippen LogP contribution in [0.2, 0.25) is 0 Å². The number of hydrogen-bond acceptors (Lipinski definition) is 3. The molecule has 5 heteroatoms. The Morgan fingerprint density at radius 2 is 2.00 bits per heavy atom. The maximum Gasteiger partial charge on any atom is 0.236 e. The Bertz CT molecular complexity index is 306. The lowest BCUT2D eigenvalue weighted by molar-refractivity contribution is -0.128. The molecule has 0 radical (unpaired) electrons. The number of para-hydroxylation sites is 1. The zero-order valence-corrected chi connectivity index (χ0v) is 10.1. The van der Waals surface area contributed by atoms with Crippen molar-refractivity contribution in [1.29, 1.82) is 0 Å². The predicted octanol–water partition coefficient (Wildman–Crippen LogP) is 0.904. The Kier molecular flexibility index (Phi) is 7.33. The second-order valence-corrected chi connectivity index (χ2v) is 3.18. The molecule has 1 aromatic rings. The monoisotopic (exact) mass is 244 g/mol. The largest absolute Gasteiger partial charge is 0.492 e. The molecule has 0 saturated carbocycles. The lowest BCUT2D eigenvalue weighted by Gasteiger charge is -2.16. The van der Waals surface area contributed by atoms with E-state index < -0.39 is 0 Å². The number of amides is 1. The molecule has 0 unspecified atom stereocenters. The van der Waals surface area contributed by atoms with E-state index in [2.05, 4.69) is 0 Å². The fourth-order valence-corrected chi connectivity index (χ4v) is 1.10. The van der Waals surface area contributed by atoms with Crippen LogP contribution in [0.4, 0.5) is 0 Å². The van der Waals surface area contributed by atoms with Crippen LogP contribution in [0.15, 0.2) is 30.3 Å². The van der Waals surface area contributed by atoms with Crippen molar-refractivity contribution < 1.29 is 9.53 Å². The SMILES string of the molecule is CN(CCOc1ccccc1)C(=O)CN.Cl. The highest BCUT2D eigenvalue weighted by molar-refractivity contribution is 5.85. The Hall–Kier alpha value is -1.26. The summed E-state index contributed by atoms with van der Waals surface area (Å²) in [7, 11) is 1.71. The number of ether oxygens (including phenoxy) is 1. The minimum Gasteiger partial charge on any atom is -0.492 e. The molecule has 0 aliphatic carbocycles. The van der Waals surface area contributed by atoms with Gasteiger partial charge in [0.25, 0.3) is 0 Å². The quantitative estimate of drug-likeness (QED) is 0.838. The molecule has 90 valence electrons. The molecule has 1 aromatic carbocycles. The molecule has 4 nitrogen and oxygen atoms in total. The molecular weight excluding hydrogens is 228 g/mol. The van der Waals surface area contributed by atoms with Crippen molar-refractivity contribution in [2.75, 3.05) is 26.7 Å². The molecule has 0 heterocycles. The molecule has 0 aliphatic rings. The van der Waals surface area contributed by atoms with Gasteiger partial charge in [-0.3, -0.25) is 4.79 Å². The van der Waals surface area contributed by atoms with E-state index in [0.717, 1.165) is 5.75 Å². The highest BCUT2D eigenvalue weighted by Gasteiger charge is 2.04. The van der Waals surface area contributed by atoms with Crippen molar-refractivity contribution in [1.82, 2.24) is 4.90 Å². The van der Waals surface area contributed by atoms with Gasteiger partial charge in [0.2, 0.25) is 5.91 Å². The van der Waals surface area contributed by atoms with Gasteiger partial charge in [0.15, 0.2) is 0 Å². The van der Waals surface area contributed by atoms with Gasteiger partial charge in [0.1, 0.15) is 12.4 Å². The number of carbonyl (C=O) groups excluding carboxylic acids is 1. The van der Waals surface area contributed by atoms with E-state index in [0.29, 0.717) is 13.2 Å². The third-order valence-electron chi connectivity index (χ3n) is 2.04. The van der Waals surface area contributed by atoms with Crippen LogP contribution in [0.1, 0.15) is 0 Å². The van der Waals surface area contributed by atoms with Crippen molar-refractivity contribution in [2.45, 2.75) is 0 Å². The summed E-state index contributed by atoms with van der Waals surface area (Å²) < 4.78 is 5.44. The Morgan fingerprint density at radius 3 is 2.56 bits per heavy atom. The lowest BCUT2D eigenvalue weighted by Crippen LogP contribution is -2.35. The van der Waals surface area contributed by atoms with Gasteiger partial charge in [-0.25, -0.2) is 0 Å². The molecule has 0 saturated heterocycles. The summed E-state index contributed by atoms with van der Waals surface area (Å²) in [4.78, 5) is 12.7. The van der Waals surface area contributed by atoms with E-state index in [1.165, 1.54) is 0 Å². The number of nitrogens with two attached hydrogens (primary N) is 1. The van der Waals surface area contributed by atoms with E-state index in [9.17, 15) is 4.79 Å². The lowest BCUT2D eigenvalue weighted by atomic mass is 10.3. The Balaban J connectivity index is 0.00000225. The maximum atomic E-state index is 11.1. The summed E-state index contributed by atoms with van der Waals surface area (Å²) >= 11 is 0. The van der Waals surface area contributed by atoms with Gasteiger partial charge < -0.3 is 15.4 Å². The van der Waals surface area contributed by atoms with Crippen LogP contribution in [0.25, 0.3) is 0 Å². The number of benzene rings is 1. The molecule has 0 fully saturated rings. The number of carbonyl (C=O) groups is 1. The number of hydrogen-bond donors (Lipinski definition) is 1. The first kappa shape index (κ1) is 14.7. The highest BCUT2D eigenvalue weighted by Crippen LogP contribution is 2.07. The molecule has 1 amide bonds. The van der Waals surface area contributed by atoms with Gasteiger partial charge in [-0.05, 0) is 12.1 Å². The van der Waals surface area contributed by atoms with Crippen molar-refractivity contribution >= 4 is 18.3 Å². The summed E-state index contributed by atoms with van der Waals surface area (Å²) in [5.41, 5.74) is 5.22. The number of halogens is 1. The predicted molar refractivity (Wildman–Crippen MR) is 65.9 cm³/mol. The minimum atomic E-state index is -0.0772. The molecule has 0 atom stereocenters. The van der Waals surface area contributed by atoms with E-state index in [4.69, 9.17) is 10.5 Å². The summed E-state index contributed by atoms with van der Waals surface area (Å²) in [6, 6.07) is 9.50. The van der Waals surface area contributed by atoms with Gasteiger partial charge in [0, 0.05) is 7.05 Å². The molecule has 0 bridgehead atoms. The van der Waals surface area contributed by atoms with E-state index in [1.54, 1.807) is 11.9 Å². The standard InChI is InChI=1S/C11H16N2O2.ClH/c1-13(11(14)9-12)7-8-15-10-5-3-2-4-6-10;/h2-6H,7-9,12H2,1H3;1H. The maximum absolute atomic E-state index is 11.1. The van der Waals surface area contributed by atoms with E-state index in [1.807, 2.05) is 30.3 Å². The zero-order chi connectivity index (χ0) is 11.1. The molecule has 0 spiro atoms. The normalized spacial score (nSPS) is 9.12. The third-order valence-corrected chi connectivity index (χ3v) is 2.04. The van der Waals surface area contributed by atoms with Crippen LogP contribution in [0.5, 0.6) is 5.75 Å². The number of rotatable bonds is 5. The highest BCUT2D eigenvalue weighted by atomic mass is 35.5. The third kappa shape index (κ3) is 5.00. The van der Waals surface area contributed by atoms with Crippen LogP contribution < -0.4 is 10.5 Å². The Labute approximate surface area is 102 Å². The topological polar surface area (TPSA) is 55.6 Å². The molecular formula is C11H17ClN2O2. The van der Waals surface area contributed by atoms with Gasteiger partial charge >= 0.3 is 0 Å². The fraction of sp³-hybridized carbons (Fsp3) is 0.364. The Morgan fingerprint density at radius 1 is 1.38 bits per heavy atom. The fourth-order valence-electron chi connectivity index (χ4n) is 1.10. The molecule has 0 aliphatic heterocycles. The second-order valence-electron chi connectivity index (χ2n) is 3.18. The average molecular weight is 245 g/mol. The summed E-state index contributed by atoms with van der Waals surface area (Å²) in [5, 5.41) is 0. The number of nitrogens with zero attached hydrogens (tertiary/aromatic N) is 1. The number of likely N-dealkylation sites (N-methyl/N-ethyl adjacent to an activating group) is 1. The zero-order valence-electron chi connectivity index (χ0n) is 9.26. The molecule has 2 N–H and O–H groups in total. The second kappa shape index (κ2) is 7.96. The van der Waals surface area contributed by atoms with Crippen LogP contribution in [-0.4, -0.2) is 37.6 Å². The van der Waals surface area contributed by atoms with Gasteiger partial charge in [-0.15, -0.1) is 12.4 Å². The van der Waals surface area contributed by atoms with Crippen LogP contribution >= 0.6 is 12.4 Å². The van der Waals surface area contributed by atoms with Crippen molar-refractivity contribution in [3.05, 3.63) is 30.3 Å². The first-order chi connectivity index (χ1) is 7.24. The summed E-state index contributed by atoms with van der Waals surface area (Å²) in [6.45, 7) is 1.07. The van der Waals surface area contributed by atoms with Gasteiger partial charge in [-0.2, -0.15) is 0 Å². The van der Waals surface area contributed by atoms with Crippen molar-refractivity contribution in [3.8, 4) is 5.75 Å². The van der Waals surface area contributed by atoms with Crippen LogP contribution in [0, 0.1) is 0 Å².